The minimum absolute atomic E-state index is 0.471. The van der Waals surface area contributed by atoms with Gasteiger partial charge in [-0.2, -0.15) is 0 Å². The van der Waals surface area contributed by atoms with Crippen molar-refractivity contribution in [1.82, 2.24) is 5.43 Å². The van der Waals surface area contributed by atoms with E-state index in [0.717, 1.165) is 18.9 Å². The molecule has 0 spiro atoms. The van der Waals surface area contributed by atoms with Gasteiger partial charge in [-0.3, -0.25) is 4.99 Å². The quantitative estimate of drug-likeness (QED) is 0.287. The lowest BCUT2D eigenvalue weighted by Gasteiger charge is -2.11. The Hall–Kier alpha value is -0.610. The highest BCUT2D eigenvalue weighted by atomic mass is 16.5. The number of aliphatic imine (C=N–C) groups is 1. The number of hydrazine groups is 1. The van der Waals surface area contributed by atoms with E-state index in [2.05, 4.69) is 17.3 Å². The second-order valence-corrected chi connectivity index (χ2v) is 3.72. The molecule has 76 valence electrons. The third-order valence-corrected chi connectivity index (χ3v) is 2.04. The van der Waals surface area contributed by atoms with Crippen molar-refractivity contribution in [2.75, 3.05) is 13.7 Å². The molecule has 1 fully saturated rings. The second kappa shape index (κ2) is 5.19. The standard InChI is InChI=1S/C9H19N3O/c1-7(6-13-2)5-9(12-10)11-8-3-4-8/h7-8H,3-6,10H2,1-2H3,(H,11,12). The van der Waals surface area contributed by atoms with Gasteiger partial charge >= 0.3 is 0 Å². The molecule has 0 aliphatic heterocycles. The van der Waals surface area contributed by atoms with Gasteiger partial charge in [-0.05, 0) is 18.8 Å². The molecule has 0 heterocycles. The Kier molecular flexibility index (Phi) is 4.18. The van der Waals surface area contributed by atoms with Crippen molar-refractivity contribution in [3.8, 4) is 0 Å². The summed E-state index contributed by atoms with van der Waals surface area (Å²) >= 11 is 0. The summed E-state index contributed by atoms with van der Waals surface area (Å²) in [5.41, 5.74) is 2.66. The zero-order valence-electron chi connectivity index (χ0n) is 8.42. The minimum Gasteiger partial charge on any atom is -0.384 e. The van der Waals surface area contributed by atoms with Gasteiger partial charge in [-0.15, -0.1) is 0 Å². The summed E-state index contributed by atoms with van der Waals surface area (Å²) in [6, 6.07) is 0.529. The van der Waals surface area contributed by atoms with Crippen molar-refractivity contribution in [3.05, 3.63) is 0 Å². The van der Waals surface area contributed by atoms with Crippen LogP contribution in [0.1, 0.15) is 26.2 Å². The number of nitrogens with two attached hydrogens (primary N) is 1. The molecule has 1 rings (SSSR count). The number of rotatable bonds is 5. The minimum atomic E-state index is 0.471. The van der Waals surface area contributed by atoms with Crippen molar-refractivity contribution in [2.45, 2.75) is 32.2 Å². The predicted octanol–water partition coefficient (Wildman–Crippen LogP) is 0.683. The van der Waals surface area contributed by atoms with E-state index in [9.17, 15) is 0 Å². The van der Waals surface area contributed by atoms with Crippen LogP contribution < -0.4 is 11.3 Å². The summed E-state index contributed by atoms with van der Waals surface area (Å²) in [4.78, 5) is 4.45. The molecule has 0 aromatic rings. The smallest absolute Gasteiger partial charge is 0.111 e. The maximum Gasteiger partial charge on any atom is 0.111 e. The van der Waals surface area contributed by atoms with Crippen LogP contribution in [0.3, 0.4) is 0 Å². The summed E-state index contributed by atoms with van der Waals surface area (Å²) < 4.78 is 5.05. The van der Waals surface area contributed by atoms with Crippen LogP contribution in [0, 0.1) is 5.92 Å². The van der Waals surface area contributed by atoms with Gasteiger partial charge in [0.05, 0.1) is 6.04 Å². The Morgan fingerprint density at radius 1 is 1.69 bits per heavy atom. The summed E-state index contributed by atoms with van der Waals surface area (Å²) in [6.07, 6.45) is 3.30. The van der Waals surface area contributed by atoms with E-state index in [1.54, 1.807) is 7.11 Å². The van der Waals surface area contributed by atoms with Gasteiger partial charge in [-0.25, -0.2) is 5.84 Å². The Morgan fingerprint density at radius 2 is 2.38 bits per heavy atom. The largest absolute Gasteiger partial charge is 0.384 e. The second-order valence-electron chi connectivity index (χ2n) is 3.72. The van der Waals surface area contributed by atoms with Crippen LogP contribution >= 0.6 is 0 Å². The van der Waals surface area contributed by atoms with Crippen molar-refractivity contribution in [1.29, 1.82) is 0 Å². The zero-order chi connectivity index (χ0) is 9.68. The highest BCUT2D eigenvalue weighted by Gasteiger charge is 2.21. The maximum absolute atomic E-state index is 5.37. The van der Waals surface area contributed by atoms with E-state index < -0.39 is 0 Å². The summed E-state index contributed by atoms with van der Waals surface area (Å²) in [6.45, 7) is 2.88. The highest BCUT2D eigenvalue weighted by molar-refractivity contribution is 5.82. The lowest BCUT2D eigenvalue weighted by molar-refractivity contribution is 0.162. The van der Waals surface area contributed by atoms with Gasteiger partial charge < -0.3 is 10.2 Å². The molecule has 0 saturated heterocycles. The average molecular weight is 185 g/mol. The highest BCUT2D eigenvalue weighted by Crippen LogP contribution is 2.23. The fourth-order valence-corrected chi connectivity index (χ4v) is 1.25. The normalized spacial score (nSPS) is 20.1. The van der Waals surface area contributed by atoms with Crippen molar-refractivity contribution in [3.63, 3.8) is 0 Å². The molecule has 4 heteroatoms. The number of ether oxygens (including phenoxy) is 1. The number of methoxy groups -OCH3 is 1. The molecule has 4 nitrogen and oxygen atoms in total. The van der Waals surface area contributed by atoms with Gasteiger partial charge in [0.25, 0.3) is 0 Å². The van der Waals surface area contributed by atoms with Crippen LogP contribution in [0.5, 0.6) is 0 Å². The van der Waals surface area contributed by atoms with Gasteiger partial charge in [0.1, 0.15) is 5.84 Å². The molecular formula is C9H19N3O. The van der Waals surface area contributed by atoms with Crippen molar-refractivity contribution >= 4 is 5.84 Å². The van der Waals surface area contributed by atoms with Crippen LogP contribution in [0.4, 0.5) is 0 Å². The van der Waals surface area contributed by atoms with E-state index in [-0.39, 0.29) is 0 Å². The molecule has 0 aromatic carbocycles. The van der Waals surface area contributed by atoms with Crippen LogP contribution in [0.2, 0.25) is 0 Å². The topological polar surface area (TPSA) is 59.6 Å². The lowest BCUT2D eigenvalue weighted by atomic mass is 10.1. The molecule has 1 unspecified atom stereocenters. The molecule has 13 heavy (non-hydrogen) atoms. The number of amidine groups is 1. The average Bonchev–Trinajstić information content (AvgIpc) is 2.87. The van der Waals surface area contributed by atoms with Crippen LogP contribution in [0.15, 0.2) is 4.99 Å². The van der Waals surface area contributed by atoms with E-state index in [1.807, 2.05) is 0 Å². The van der Waals surface area contributed by atoms with Crippen LogP contribution in [0.25, 0.3) is 0 Å². The predicted molar refractivity (Wildman–Crippen MR) is 53.4 cm³/mol. The molecule has 0 aromatic heterocycles. The molecule has 1 aliphatic carbocycles. The number of nitrogens with one attached hydrogen (secondary N) is 1. The number of hydrogen-bond donors (Lipinski definition) is 2. The maximum atomic E-state index is 5.37. The summed E-state index contributed by atoms with van der Waals surface area (Å²) in [7, 11) is 1.71. The molecule has 0 radical (unpaired) electrons. The number of hydrogen-bond acceptors (Lipinski definition) is 3. The lowest BCUT2D eigenvalue weighted by Crippen LogP contribution is -2.32. The van der Waals surface area contributed by atoms with Gasteiger partial charge in [0.15, 0.2) is 0 Å². The molecule has 1 atom stereocenters. The fraction of sp³-hybridized carbons (Fsp3) is 0.889. The van der Waals surface area contributed by atoms with Crippen molar-refractivity contribution in [2.24, 2.45) is 16.8 Å². The zero-order valence-corrected chi connectivity index (χ0v) is 8.42. The molecule has 3 N–H and O–H groups in total. The monoisotopic (exact) mass is 185 g/mol. The SMILES string of the molecule is COCC(C)CC(=NC1CC1)NN. The first kappa shape index (κ1) is 10.5. The fourth-order valence-electron chi connectivity index (χ4n) is 1.25. The van der Waals surface area contributed by atoms with E-state index in [0.29, 0.717) is 12.0 Å². The third-order valence-electron chi connectivity index (χ3n) is 2.04. The van der Waals surface area contributed by atoms with E-state index >= 15 is 0 Å². The first-order chi connectivity index (χ1) is 6.26. The Bertz CT molecular complexity index is 178. The first-order valence-corrected chi connectivity index (χ1v) is 4.78. The van der Waals surface area contributed by atoms with Crippen molar-refractivity contribution < 1.29 is 4.74 Å². The van der Waals surface area contributed by atoms with Gasteiger partial charge in [0, 0.05) is 20.1 Å². The van der Waals surface area contributed by atoms with E-state index in [4.69, 9.17) is 10.6 Å². The Labute approximate surface area is 79.5 Å². The molecule has 0 amide bonds. The van der Waals surface area contributed by atoms with Gasteiger partial charge in [0.2, 0.25) is 0 Å². The third kappa shape index (κ3) is 4.24. The molecule has 0 bridgehead atoms. The van der Waals surface area contributed by atoms with Gasteiger partial charge in [-0.1, -0.05) is 6.92 Å². The molecule has 1 aliphatic rings. The molecular weight excluding hydrogens is 166 g/mol. The number of nitrogens with zero attached hydrogens (tertiary/aromatic N) is 1. The van der Waals surface area contributed by atoms with Crippen LogP contribution in [-0.4, -0.2) is 25.6 Å². The van der Waals surface area contributed by atoms with E-state index in [1.165, 1.54) is 12.8 Å². The Morgan fingerprint density at radius 3 is 2.85 bits per heavy atom. The summed E-state index contributed by atoms with van der Waals surface area (Å²) in [5.74, 6) is 6.75. The first-order valence-electron chi connectivity index (χ1n) is 4.78. The van der Waals surface area contributed by atoms with Crippen LogP contribution in [-0.2, 0) is 4.74 Å². The Balaban J connectivity index is 2.29. The molecule has 1 saturated carbocycles. The summed E-state index contributed by atoms with van der Waals surface area (Å²) in [5, 5.41) is 0.